The zero-order valence-electron chi connectivity index (χ0n) is 12.3. The fourth-order valence-corrected chi connectivity index (χ4v) is 2.59. The molecule has 9 nitrogen and oxygen atoms in total. The monoisotopic (exact) mass is 312 g/mol. The van der Waals surface area contributed by atoms with Crippen molar-refractivity contribution in [2.24, 2.45) is 0 Å². The molecule has 22 heavy (non-hydrogen) atoms. The molecule has 3 rings (SSSR count). The van der Waals surface area contributed by atoms with Gasteiger partial charge in [0.2, 0.25) is 12.3 Å². The van der Waals surface area contributed by atoms with Gasteiger partial charge < -0.3 is 10.2 Å². The van der Waals surface area contributed by atoms with Gasteiger partial charge >= 0.3 is 6.03 Å². The first kappa shape index (κ1) is 16.2. The molecule has 0 aromatic rings. The van der Waals surface area contributed by atoms with Gasteiger partial charge in [0, 0.05) is 19.5 Å². The van der Waals surface area contributed by atoms with Crippen molar-refractivity contribution in [1.82, 2.24) is 20.8 Å². The summed E-state index contributed by atoms with van der Waals surface area (Å²) in [5, 5.41) is 12.7. The number of carbonyl (C=O) groups excluding carboxylic acids is 3. The van der Waals surface area contributed by atoms with E-state index < -0.39 is 0 Å². The molecule has 3 aliphatic heterocycles. The summed E-state index contributed by atoms with van der Waals surface area (Å²) >= 11 is 0. The van der Waals surface area contributed by atoms with Gasteiger partial charge in [-0.25, -0.2) is 10.3 Å². The Morgan fingerprint density at radius 2 is 2.32 bits per heavy atom. The summed E-state index contributed by atoms with van der Waals surface area (Å²) in [5.41, 5.74) is 3.20. The Hall–Kier alpha value is -2.13. The summed E-state index contributed by atoms with van der Waals surface area (Å²) < 4.78 is 0. The van der Waals surface area contributed by atoms with Crippen molar-refractivity contribution >= 4 is 18.3 Å². The van der Waals surface area contributed by atoms with Crippen LogP contribution in [0.4, 0.5) is 4.79 Å². The molecule has 0 radical (unpaired) electrons. The Morgan fingerprint density at radius 3 is 2.91 bits per heavy atom. The Kier molecular flexibility index (Phi) is 5.34. The largest absolute Gasteiger partial charge is 0.351 e. The molecule has 122 valence electrons. The van der Waals surface area contributed by atoms with Crippen molar-refractivity contribution in [2.45, 2.75) is 31.8 Å². The molecule has 2 atom stereocenters. The number of fused-ring (bicyclic) bond motifs is 2. The highest BCUT2D eigenvalue weighted by Gasteiger charge is 2.38. The lowest BCUT2D eigenvalue weighted by molar-refractivity contribution is -0.121. The molecule has 3 aliphatic rings. The minimum absolute atomic E-state index is 0.0460. The smallest absolute Gasteiger partial charge is 0.344 e. The molecule has 9 heteroatoms. The first-order valence-electron chi connectivity index (χ1n) is 7.06. The number of rotatable bonds is 4. The number of amides is 4. The summed E-state index contributed by atoms with van der Waals surface area (Å²) in [7, 11) is 0. The molecule has 4 amide bonds. The highest BCUT2D eigenvalue weighted by Crippen LogP contribution is 2.21. The molecule has 2 fully saturated rings. The predicted octanol–water partition coefficient (Wildman–Crippen LogP) is -0.616. The molecule has 3 heterocycles. The van der Waals surface area contributed by atoms with E-state index in [-0.39, 0.29) is 24.0 Å². The first-order chi connectivity index (χ1) is 10.5. The predicted molar refractivity (Wildman–Crippen MR) is 74.5 cm³/mol. The second-order valence-electron chi connectivity index (χ2n) is 5.44. The van der Waals surface area contributed by atoms with Crippen molar-refractivity contribution in [2.75, 3.05) is 19.7 Å². The average molecular weight is 312 g/mol. The van der Waals surface area contributed by atoms with Gasteiger partial charge in [-0.15, -0.1) is 0 Å². The number of hydroxylamine groups is 3. The number of urea groups is 1. The Balaban J connectivity index is 0.000000160. The molecule has 2 unspecified atom stereocenters. The van der Waals surface area contributed by atoms with Crippen molar-refractivity contribution in [3.05, 3.63) is 11.6 Å². The second-order valence-corrected chi connectivity index (χ2v) is 5.44. The van der Waals surface area contributed by atoms with Crippen LogP contribution in [0.3, 0.4) is 0 Å². The van der Waals surface area contributed by atoms with Gasteiger partial charge in [-0.2, -0.15) is 5.06 Å². The van der Waals surface area contributed by atoms with E-state index in [1.165, 1.54) is 0 Å². The fraction of sp³-hybridized carbons (Fsp3) is 0.615. The Bertz CT molecular complexity index is 481. The molecule has 0 aromatic carbocycles. The number of nitrogens with zero attached hydrogens (tertiary/aromatic N) is 2. The van der Waals surface area contributed by atoms with Gasteiger partial charge in [-0.05, 0) is 13.3 Å². The highest BCUT2D eigenvalue weighted by atomic mass is 16.6. The van der Waals surface area contributed by atoms with Crippen LogP contribution in [0.1, 0.15) is 19.8 Å². The maximum atomic E-state index is 11.1. The van der Waals surface area contributed by atoms with E-state index in [4.69, 9.17) is 0 Å². The third kappa shape index (κ3) is 3.95. The molecule has 2 saturated heterocycles. The SMILES string of the molecule is CC1=CC2CN(C1)C(=O)N2O.O=CNOCC1CCC(=O)N1. The Labute approximate surface area is 127 Å². The van der Waals surface area contributed by atoms with E-state index in [0.717, 1.165) is 17.1 Å². The molecule has 2 bridgehead atoms. The zero-order chi connectivity index (χ0) is 16.1. The van der Waals surface area contributed by atoms with Crippen LogP contribution in [-0.2, 0) is 14.4 Å². The van der Waals surface area contributed by atoms with Gasteiger partial charge in [-0.1, -0.05) is 11.6 Å². The lowest BCUT2D eigenvalue weighted by Gasteiger charge is -2.17. The zero-order valence-corrected chi connectivity index (χ0v) is 12.3. The van der Waals surface area contributed by atoms with Crippen LogP contribution in [0.25, 0.3) is 0 Å². The topological polar surface area (TPSA) is 111 Å². The van der Waals surface area contributed by atoms with Crippen LogP contribution in [-0.4, -0.2) is 65.3 Å². The molecular formula is C13H20N4O5. The summed E-state index contributed by atoms with van der Waals surface area (Å²) in [6, 6.07) is -0.339. The molecule has 0 aromatic heterocycles. The average Bonchev–Trinajstić information content (AvgIpc) is 2.98. The highest BCUT2D eigenvalue weighted by molar-refractivity contribution is 5.78. The third-order valence-corrected chi connectivity index (χ3v) is 3.61. The van der Waals surface area contributed by atoms with Gasteiger partial charge in [0.1, 0.15) is 0 Å². The van der Waals surface area contributed by atoms with Crippen LogP contribution in [0.5, 0.6) is 0 Å². The maximum Gasteiger partial charge on any atom is 0.344 e. The van der Waals surface area contributed by atoms with E-state index >= 15 is 0 Å². The van der Waals surface area contributed by atoms with Crippen molar-refractivity contribution in [3.8, 4) is 0 Å². The lowest BCUT2D eigenvalue weighted by Crippen LogP contribution is -2.32. The minimum atomic E-state index is -0.275. The summed E-state index contributed by atoms with van der Waals surface area (Å²) in [6.45, 7) is 3.59. The Morgan fingerprint density at radius 1 is 1.55 bits per heavy atom. The van der Waals surface area contributed by atoms with Crippen molar-refractivity contribution in [3.63, 3.8) is 0 Å². The van der Waals surface area contributed by atoms with E-state index in [2.05, 4.69) is 15.6 Å². The van der Waals surface area contributed by atoms with Crippen LogP contribution >= 0.6 is 0 Å². The first-order valence-corrected chi connectivity index (χ1v) is 7.06. The lowest BCUT2D eigenvalue weighted by atomic mass is 10.1. The second kappa shape index (κ2) is 7.23. The van der Waals surface area contributed by atoms with E-state index in [1.54, 1.807) is 4.90 Å². The van der Waals surface area contributed by atoms with Gasteiger partial charge in [0.25, 0.3) is 0 Å². The minimum Gasteiger partial charge on any atom is -0.351 e. The fourth-order valence-electron chi connectivity index (χ4n) is 2.59. The van der Waals surface area contributed by atoms with Crippen LogP contribution < -0.4 is 10.8 Å². The summed E-state index contributed by atoms with van der Waals surface area (Å²) in [4.78, 5) is 37.8. The van der Waals surface area contributed by atoms with Gasteiger partial charge in [0.15, 0.2) is 0 Å². The summed E-state index contributed by atoms with van der Waals surface area (Å²) in [5.74, 6) is 0.0460. The quantitative estimate of drug-likeness (QED) is 0.211. The van der Waals surface area contributed by atoms with Crippen molar-refractivity contribution in [1.29, 1.82) is 0 Å². The van der Waals surface area contributed by atoms with E-state index in [1.807, 2.05) is 13.0 Å². The number of carbonyl (C=O) groups is 3. The van der Waals surface area contributed by atoms with E-state index in [9.17, 15) is 19.6 Å². The van der Waals surface area contributed by atoms with Crippen molar-refractivity contribution < 1.29 is 24.4 Å². The normalized spacial score (nSPS) is 26.2. The molecule has 0 saturated carbocycles. The number of hydrogen-bond donors (Lipinski definition) is 3. The molecule has 3 N–H and O–H groups in total. The molecular weight excluding hydrogens is 292 g/mol. The summed E-state index contributed by atoms with van der Waals surface area (Å²) in [6.07, 6.45) is 3.71. The maximum absolute atomic E-state index is 11.1. The number of hydrogen-bond acceptors (Lipinski definition) is 5. The van der Waals surface area contributed by atoms with Crippen LogP contribution in [0.15, 0.2) is 11.6 Å². The van der Waals surface area contributed by atoms with Crippen LogP contribution in [0, 0.1) is 0 Å². The van der Waals surface area contributed by atoms with Gasteiger partial charge in [-0.3, -0.25) is 19.6 Å². The molecule has 0 spiro atoms. The third-order valence-electron chi connectivity index (χ3n) is 3.61. The van der Waals surface area contributed by atoms with Gasteiger partial charge in [0.05, 0.1) is 18.7 Å². The number of nitrogens with one attached hydrogen (secondary N) is 2. The van der Waals surface area contributed by atoms with Crippen LogP contribution in [0.2, 0.25) is 0 Å². The standard InChI is InChI=1S/C7H10N2O2.C6H10N2O3/c1-5-2-6-4-8(3-5)7(10)9(6)11;9-4-7-11-3-5-1-2-6(10)8-5/h2,6,11H,3-4H2,1H3;4-5H,1-3H2,(H,7,9)(H,8,10). The molecule has 0 aliphatic carbocycles. The van der Waals surface area contributed by atoms with E-state index in [0.29, 0.717) is 32.5 Å².